The maximum atomic E-state index is 12.1. The van der Waals surface area contributed by atoms with E-state index in [2.05, 4.69) is 56.5 Å². The third-order valence-electron chi connectivity index (χ3n) is 4.46. The summed E-state index contributed by atoms with van der Waals surface area (Å²) in [5, 5.41) is 7.83. The van der Waals surface area contributed by atoms with Crippen molar-refractivity contribution in [3.8, 4) is 0 Å². The Morgan fingerprint density at radius 2 is 2.00 bits per heavy atom. The van der Waals surface area contributed by atoms with E-state index in [-0.39, 0.29) is 11.6 Å². The van der Waals surface area contributed by atoms with E-state index in [1.807, 2.05) is 14.1 Å². The highest BCUT2D eigenvalue weighted by molar-refractivity contribution is 5.74. The van der Waals surface area contributed by atoms with Crippen LogP contribution in [0.25, 0.3) is 11.0 Å². The van der Waals surface area contributed by atoms with Gasteiger partial charge in [-0.15, -0.1) is 0 Å². The van der Waals surface area contributed by atoms with Gasteiger partial charge < -0.3 is 10.2 Å². The minimum Gasteiger partial charge on any atom is -0.354 e. The molecule has 2 N–H and O–H groups in total. The molecule has 25 heavy (non-hydrogen) atoms. The average molecular weight is 340 g/mol. The first-order chi connectivity index (χ1) is 12.0. The molecule has 1 aromatic carbocycles. The molecule has 0 amide bonds. The standard InChI is InChI=1S/C18H24N6O/c1-5-12-6-8-13(9-7-12)15(23(2)3)11-19-18-21-16-14(17(25)22-18)10-20-24(16)4/h6-10,15H,5,11H2,1-4H3,(H2,19,21,22,25)/t15-/m1/s1. The lowest BCUT2D eigenvalue weighted by Crippen LogP contribution is -2.28. The fraction of sp³-hybridized carbons (Fsp3) is 0.389. The van der Waals surface area contributed by atoms with Crippen molar-refractivity contribution >= 4 is 17.0 Å². The van der Waals surface area contributed by atoms with Crippen LogP contribution in [0.15, 0.2) is 35.3 Å². The summed E-state index contributed by atoms with van der Waals surface area (Å²) < 4.78 is 1.60. The van der Waals surface area contributed by atoms with Crippen molar-refractivity contribution in [2.45, 2.75) is 19.4 Å². The van der Waals surface area contributed by atoms with Gasteiger partial charge in [0.05, 0.1) is 12.2 Å². The van der Waals surface area contributed by atoms with Crippen LogP contribution >= 0.6 is 0 Å². The van der Waals surface area contributed by atoms with Crippen LogP contribution < -0.4 is 10.9 Å². The van der Waals surface area contributed by atoms with Gasteiger partial charge in [0, 0.05) is 13.6 Å². The maximum absolute atomic E-state index is 12.1. The molecule has 3 rings (SSSR count). The molecule has 2 aromatic heterocycles. The molecule has 0 fully saturated rings. The summed E-state index contributed by atoms with van der Waals surface area (Å²) in [5.74, 6) is 0.457. The summed E-state index contributed by atoms with van der Waals surface area (Å²) in [4.78, 5) is 21.5. The monoisotopic (exact) mass is 340 g/mol. The first-order valence-electron chi connectivity index (χ1n) is 8.40. The van der Waals surface area contributed by atoms with Crippen molar-refractivity contribution in [2.24, 2.45) is 7.05 Å². The molecule has 0 radical (unpaired) electrons. The molecule has 0 aliphatic carbocycles. The zero-order valence-electron chi connectivity index (χ0n) is 15.1. The number of hydrogen-bond acceptors (Lipinski definition) is 5. The number of nitrogens with zero attached hydrogens (tertiary/aromatic N) is 4. The Labute approximate surface area is 146 Å². The van der Waals surface area contributed by atoms with Crippen molar-refractivity contribution in [3.05, 3.63) is 51.9 Å². The number of benzene rings is 1. The fourth-order valence-corrected chi connectivity index (χ4v) is 2.88. The predicted molar refractivity (Wildman–Crippen MR) is 99.9 cm³/mol. The number of likely N-dealkylation sites (N-methyl/N-ethyl adjacent to an activating group) is 1. The molecule has 0 bridgehead atoms. The highest BCUT2D eigenvalue weighted by Gasteiger charge is 2.15. The van der Waals surface area contributed by atoms with E-state index in [0.717, 1.165) is 6.42 Å². The second-order valence-electron chi connectivity index (χ2n) is 6.38. The quantitative estimate of drug-likeness (QED) is 0.717. The van der Waals surface area contributed by atoms with Gasteiger partial charge in [-0.2, -0.15) is 10.1 Å². The second-order valence-corrected chi connectivity index (χ2v) is 6.38. The molecule has 7 heteroatoms. The normalized spacial score (nSPS) is 12.7. The molecule has 7 nitrogen and oxygen atoms in total. The number of rotatable bonds is 6. The van der Waals surface area contributed by atoms with Crippen molar-refractivity contribution in [1.82, 2.24) is 24.6 Å². The second kappa shape index (κ2) is 7.06. The van der Waals surface area contributed by atoms with Crippen LogP contribution in [0.1, 0.15) is 24.1 Å². The highest BCUT2D eigenvalue weighted by Crippen LogP contribution is 2.19. The van der Waals surface area contributed by atoms with Crippen molar-refractivity contribution in [3.63, 3.8) is 0 Å². The Hall–Kier alpha value is -2.67. The Kier molecular flexibility index (Phi) is 4.85. The molecule has 0 spiro atoms. The molecule has 0 unspecified atom stereocenters. The summed E-state index contributed by atoms with van der Waals surface area (Å²) >= 11 is 0. The fourth-order valence-electron chi connectivity index (χ4n) is 2.88. The van der Waals surface area contributed by atoms with E-state index in [0.29, 0.717) is 23.5 Å². The average Bonchev–Trinajstić information content (AvgIpc) is 2.97. The van der Waals surface area contributed by atoms with Gasteiger partial charge >= 0.3 is 0 Å². The van der Waals surface area contributed by atoms with E-state index in [1.165, 1.54) is 17.3 Å². The Balaban J connectivity index is 1.81. The van der Waals surface area contributed by atoms with Gasteiger partial charge in [-0.05, 0) is 31.6 Å². The maximum Gasteiger partial charge on any atom is 0.263 e. The summed E-state index contributed by atoms with van der Waals surface area (Å²) in [6.45, 7) is 2.78. The van der Waals surface area contributed by atoms with E-state index in [1.54, 1.807) is 11.7 Å². The molecule has 2 heterocycles. The first-order valence-corrected chi connectivity index (χ1v) is 8.40. The molecule has 0 saturated carbocycles. The number of nitrogens with one attached hydrogen (secondary N) is 2. The zero-order chi connectivity index (χ0) is 18.0. The summed E-state index contributed by atoms with van der Waals surface area (Å²) in [7, 11) is 5.86. The summed E-state index contributed by atoms with van der Waals surface area (Å²) in [6, 6.07) is 8.80. The lowest BCUT2D eigenvalue weighted by atomic mass is 10.0. The SMILES string of the molecule is CCc1ccc([C@@H](CNc2nc3c(cnn3C)c(=O)[nH]2)N(C)C)cc1. The Morgan fingerprint density at radius 1 is 1.28 bits per heavy atom. The van der Waals surface area contributed by atoms with Gasteiger partial charge in [0.25, 0.3) is 5.56 Å². The van der Waals surface area contributed by atoms with Gasteiger partial charge in [0.15, 0.2) is 5.65 Å². The number of aromatic nitrogens is 4. The van der Waals surface area contributed by atoms with Crippen LogP contribution in [0.5, 0.6) is 0 Å². The van der Waals surface area contributed by atoms with Crippen LogP contribution in [-0.2, 0) is 13.5 Å². The molecule has 0 aliphatic heterocycles. The number of hydrogen-bond donors (Lipinski definition) is 2. The van der Waals surface area contributed by atoms with E-state index < -0.39 is 0 Å². The Morgan fingerprint density at radius 3 is 2.64 bits per heavy atom. The topological polar surface area (TPSA) is 78.8 Å². The van der Waals surface area contributed by atoms with Crippen LogP contribution in [0.3, 0.4) is 0 Å². The number of anilines is 1. The molecule has 3 aromatic rings. The lowest BCUT2D eigenvalue weighted by Gasteiger charge is -2.25. The molecule has 132 valence electrons. The minimum atomic E-state index is -0.186. The smallest absolute Gasteiger partial charge is 0.263 e. The number of fused-ring (bicyclic) bond motifs is 1. The van der Waals surface area contributed by atoms with Crippen LogP contribution in [-0.4, -0.2) is 45.3 Å². The molecule has 1 atom stereocenters. The van der Waals surface area contributed by atoms with Crippen LogP contribution in [0, 0.1) is 0 Å². The third-order valence-corrected chi connectivity index (χ3v) is 4.46. The van der Waals surface area contributed by atoms with Crippen molar-refractivity contribution in [1.29, 1.82) is 0 Å². The van der Waals surface area contributed by atoms with Crippen molar-refractivity contribution in [2.75, 3.05) is 26.0 Å². The van der Waals surface area contributed by atoms with Gasteiger partial charge in [-0.25, -0.2) is 0 Å². The summed E-state index contributed by atoms with van der Waals surface area (Å²) in [6.07, 6.45) is 2.56. The number of H-pyrrole nitrogens is 1. The molecular weight excluding hydrogens is 316 g/mol. The van der Waals surface area contributed by atoms with Crippen molar-refractivity contribution < 1.29 is 0 Å². The first kappa shape index (κ1) is 17.2. The van der Waals surface area contributed by atoms with Gasteiger partial charge in [0.1, 0.15) is 5.39 Å². The third kappa shape index (κ3) is 3.56. The zero-order valence-corrected chi connectivity index (χ0v) is 15.1. The van der Waals surface area contributed by atoms with Gasteiger partial charge in [-0.1, -0.05) is 31.2 Å². The largest absolute Gasteiger partial charge is 0.354 e. The minimum absolute atomic E-state index is 0.165. The molecular formula is C18H24N6O. The number of aryl methyl sites for hydroxylation is 2. The number of aromatic amines is 1. The predicted octanol–water partition coefficient (Wildman–Crippen LogP) is 1.93. The molecule has 0 saturated heterocycles. The van der Waals surface area contributed by atoms with E-state index in [9.17, 15) is 4.79 Å². The molecule has 0 aliphatic rings. The van der Waals surface area contributed by atoms with Crippen LogP contribution in [0.2, 0.25) is 0 Å². The summed E-state index contributed by atoms with van der Waals surface area (Å²) in [5.41, 5.74) is 2.93. The van der Waals surface area contributed by atoms with Gasteiger partial charge in [-0.3, -0.25) is 14.5 Å². The van der Waals surface area contributed by atoms with Gasteiger partial charge in [0.2, 0.25) is 5.95 Å². The lowest BCUT2D eigenvalue weighted by molar-refractivity contribution is 0.311. The Bertz CT molecular complexity index is 909. The van der Waals surface area contributed by atoms with E-state index in [4.69, 9.17) is 0 Å². The highest BCUT2D eigenvalue weighted by atomic mass is 16.1. The van der Waals surface area contributed by atoms with Crippen LogP contribution in [0.4, 0.5) is 5.95 Å². The van der Waals surface area contributed by atoms with E-state index >= 15 is 0 Å².